The number of hydrogen-bond donors (Lipinski definition) is 1. The fourth-order valence-corrected chi connectivity index (χ4v) is 2.95. The minimum absolute atomic E-state index is 0.0380. The van der Waals surface area contributed by atoms with Gasteiger partial charge in [0.15, 0.2) is 0 Å². The van der Waals surface area contributed by atoms with Crippen LogP contribution in [0, 0.1) is 11.8 Å². The third-order valence-electron chi connectivity index (χ3n) is 3.80. The zero-order valence-corrected chi connectivity index (χ0v) is 13.7. The summed E-state index contributed by atoms with van der Waals surface area (Å²) < 4.78 is 4.60. The number of carbonyl (C=O) groups excluding carboxylic acids is 2. The second-order valence-corrected chi connectivity index (χ2v) is 6.14. The van der Waals surface area contributed by atoms with Crippen LogP contribution in [0.2, 0.25) is 10.3 Å². The summed E-state index contributed by atoms with van der Waals surface area (Å²) in [6.45, 7) is 0. The Labute approximate surface area is 142 Å². The van der Waals surface area contributed by atoms with Gasteiger partial charge in [0.2, 0.25) is 5.91 Å². The van der Waals surface area contributed by atoms with Crippen LogP contribution in [0.15, 0.2) is 18.3 Å². The first-order valence-electron chi connectivity index (χ1n) is 6.97. The summed E-state index contributed by atoms with van der Waals surface area (Å²) in [6.07, 6.45) is 2.47. The molecule has 0 aromatic carbocycles. The summed E-state index contributed by atoms with van der Waals surface area (Å²) in [5, 5.41) is 4.67. The van der Waals surface area contributed by atoms with E-state index in [-0.39, 0.29) is 40.4 Å². The highest BCUT2D eigenvalue weighted by Gasteiger charge is 2.44. The summed E-state index contributed by atoms with van der Waals surface area (Å²) >= 11 is 11.9. The number of esters is 1. The molecule has 0 bridgehead atoms. The van der Waals surface area contributed by atoms with Crippen molar-refractivity contribution in [2.45, 2.75) is 12.8 Å². The quantitative estimate of drug-likeness (QED) is 0.674. The van der Waals surface area contributed by atoms with Gasteiger partial charge in [-0.05, 0) is 29.9 Å². The molecule has 1 saturated carbocycles. The second kappa shape index (κ2) is 6.29. The van der Waals surface area contributed by atoms with E-state index < -0.39 is 0 Å². The van der Waals surface area contributed by atoms with Crippen molar-refractivity contribution in [2.24, 2.45) is 11.8 Å². The van der Waals surface area contributed by atoms with Gasteiger partial charge in [0.25, 0.3) is 0 Å². The minimum Gasteiger partial charge on any atom is -0.469 e. The van der Waals surface area contributed by atoms with Crippen molar-refractivity contribution in [1.29, 1.82) is 0 Å². The molecule has 0 spiro atoms. The highest BCUT2D eigenvalue weighted by Crippen LogP contribution is 2.42. The van der Waals surface area contributed by atoms with Gasteiger partial charge in [-0.3, -0.25) is 9.59 Å². The second-order valence-electron chi connectivity index (χ2n) is 5.40. The summed E-state index contributed by atoms with van der Waals surface area (Å²) in [6, 6.07) is 3.33. The van der Waals surface area contributed by atoms with E-state index in [1.54, 1.807) is 12.1 Å². The van der Waals surface area contributed by atoms with Crippen LogP contribution in [0.1, 0.15) is 12.8 Å². The van der Waals surface area contributed by atoms with E-state index in [0.717, 1.165) is 5.39 Å². The van der Waals surface area contributed by atoms with Crippen molar-refractivity contribution in [2.75, 3.05) is 12.4 Å². The predicted molar refractivity (Wildman–Crippen MR) is 86.4 cm³/mol. The number of pyridine rings is 2. The molecular formula is C15H13Cl2N3O3. The maximum atomic E-state index is 12.2. The van der Waals surface area contributed by atoms with E-state index in [0.29, 0.717) is 17.6 Å². The summed E-state index contributed by atoms with van der Waals surface area (Å²) in [5.74, 6) is -0.195. The van der Waals surface area contributed by atoms with Gasteiger partial charge in [-0.1, -0.05) is 23.2 Å². The highest BCUT2D eigenvalue weighted by atomic mass is 35.5. The molecule has 23 heavy (non-hydrogen) atoms. The fraction of sp³-hybridized carbons (Fsp3) is 0.333. The van der Waals surface area contributed by atoms with Crippen molar-refractivity contribution < 1.29 is 14.3 Å². The van der Waals surface area contributed by atoms with Gasteiger partial charge >= 0.3 is 5.97 Å². The molecule has 0 saturated heterocycles. The minimum atomic E-state index is -0.300. The number of methoxy groups -OCH3 is 1. The Bertz CT molecular complexity index is 797. The molecule has 6 nitrogen and oxygen atoms in total. The van der Waals surface area contributed by atoms with Gasteiger partial charge in [0.1, 0.15) is 16.1 Å². The lowest BCUT2D eigenvalue weighted by Gasteiger charge is -2.06. The molecule has 1 aliphatic rings. The third-order valence-corrected chi connectivity index (χ3v) is 4.29. The molecule has 2 aromatic rings. The van der Waals surface area contributed by atoms with Crippen molar-refractivity contribution in [1.82, 2.24) is 9.97 Å². The van der Waals surface area contributed by atoms with E-state index in [2.05, 4.69) is 20.0 Å². The summed E-state index contributed by atoms with van der Waals surface area (Å²) in [5.41, 5.74) is 0. The SMILES string of the molecule is COC(=O)CC1CC1C(=O)Nc1cc2cc(Cl)nc(Cl)c2cn1. The molecule has 1 aliphatic carbocycles. The van der Waals surface area contributed by atoms with E-state index in [9.17, 15) is 9.59 Å². The average Bonchev–Trinajstić information content (AvgIpc) is 3.25. The number of anilines is 1. The Morgan fingerprint density at radius 3 is 2.91 bits per heavy atom. The van der Waals surface area contributed by atoms with E-state index in [1.807, 2.05) is 0 Å². The monoisotopic (exact) mass is 353 g/mol. The maximum Gasteiger partial charge on any atom is 0.305 e. The molecule has 0 radical (unpaired) electrons. The zero-order valence-electron chi connectivity index (χ0n) is 12.2. The number of hydrogen-bond acceptors (Lipinski definition) is 5. The first-order chi connectivity index (χ1) is 11.0. The van der Waals surface area contributed by atoms with Crippen LogP contribution in [0.5, 0.6) is 0 Å². The molecule has 2 heterocycles. The van der Waals surface area contributed by atoms with Gasteiger partial charge in [0, 0.05) is 23.9 Å². The molecule has 3 rings (SSSR count). The molecule has 8 heteroatoms. The van der Waals surface area contributed by atoms with E-state index >= 15 is 0 Å². The number of nitrogens with zero attached hydrogens (tertiary/aromatic N) is 2. The third kappa shape index (κ3) is 3.54. The molecule has 2 unspecified atom stereocenters. The highest BCUT2D eigenvalue weighted by molar-refractivity contribution is 6.36. The van der Waals surface area contributed by atoms with Crippen LogP contribution in [0.3, 0.4) is 0 Å². The summed E-state index contributed by atoms with van der Waals surface area (Å²) in [7, 11) is 1.34. The average molecular weight is 354 g/mol. The van der Waals surface area contributed by atoms with E-state index in [1.165, 1.54) is 13.3 Å². The molecule has 1 amide bonds. The molecule has 1 fully saturated rings. The number of aromatic nitrogens is 2. The van der Waals surface area contributed by atoms with Crippen LogP contribution in [-0.2, 0) is 14.3 Å². The van der Waals surface area contributed by atoms with Crippen LogP contribution >= 0.6 is 23.2 Å². The lowest BCUT2D eigenvalue weighted by molar-refractivity contribution is -0.141. The first kappa shape index (κ1) is 16.0. The largest absolute Gasteiger partial charge is 0.469 e. The smallest absolute Gasteiger partial charge is 0.305 e. The van der Waals surface area contributed by atoms with Gasteiger partial charge < -0.3 is 10.1 Å². The normalized spacial score (nSPS) is 19.4. The number of fused-ring (bicyclic) bond motifs is 1. The number of carbonyl (C=O) groups is 2. The fourth-order valence-electron chi connectivity index (χ4n) is 2.46. The van der Waals surface area contributed by atoms with E-state index in [4.69, 9.17) is 23.2 Å². The van der Waals surface area contributed by atoms with Crippen LogP contribution in [0.25, 0.3) is 10.8 Å². The first-order valence-corrected chi connectivity index (χ1v) is 7.73. The Morgan fingerprint density at radius 1 is 1.39 bits per heavy atom. The van der Waals surface area contributed by atoms with Crippen molar-refractivity contribution in [3.05, 3.63) is 28.6 Å². The van der Waals surface area contributed by atoms with Crippen LogP contribution < -0.4 is 5.32 Å². The molecule has 0 aliphatic heterocycles. The lowest BCUT2D eigenvalue weighted by Crippen LogP contribution is -2.16. The molecule has 1 N–H and O–H groups in total. The van der Waals surface area contributed by atoms with Crippen molar-refractivity contribution in [3.63, 3.8) is 0 Å². The van der Waals surface area contributed by atoms with Gasteiger partial charge in [0.05, 0.1) is 7.11 Å². The number of halogens is 2. The Balaban J connectivity index is 1.70. The van der Waals surface area contributed by atoms with Gasteiger partial charge in [-0.25, -0.2) is 9.97 Å². The molecular weight excluding hydrogens is 341 g/mol. The van der Waals surface area contributed by atoms with Crippen molar-refractivity contribution >= 4 is 51.7 Å². The van der Waals surface area contributed by atoms with Crippen molar-refractivity contribution in [3.8, 4) is 0 Å². The van der Waals surface area contributed by atoms with Gasteiger partial charge in [-0.15, -0.1) is 0 Å². The summed E-state index contributed by atoms with van der Waals surface area (Å²) in [4.78, 5) is 31.5. The number of rotatable bonds is 4. The van der Waals surface area contributed by atoms with Gasteiger partial charge in [-0.2, -0.15) is 0 Å². The number of amides is 1. The Kier molecular flexibility index (Phi) is 4.37. The molecule has 2 atom stereocenters. The Hall–Kier alpha value is -1.92. The number of ether oxygens (including phenoxy) is 1. The predicted octanol–water partition coefficient (Wildman–Crippen LogP) is 3.07. The Morgan fingerprint density at radius 2 is 2.17 bits per heavy atom. The van der Waals surface area contributed by atoms with Crippen LogP contribution in [-0.4, -0.2) is 29.0 Å². The lowest BCUT2D eigenvalue weighted by atomic mass is 10.2. The van der Waals surface area contributed by atoms with Crippen LogP contribution in [0.4, 0.5) is 5.82 Å². The molecule has 120 valence electrons. The number of nitrogens with one attached hydrogen (secondary N) is 1. The molecule has 2 aromatic heterocycles. The standard InChI is InChI=1S/C15H13Cl2N3O3/c1-23-13(21)5-7-2-9(7)15(22)20-12-4-8-3-11(16)19-14(17)10(8)6-18-12/h3-4,6-7,9H,2,5H2,1H3,(H,18,20,22). The maximum absolute atomic E-state index is 12.2. The zero-order chi connectivity index (χ0) is 16.6. The topological polar surface area (TPSA) is 81.2 Å².